The van der Waals surface area contributed by atoms with E-state index in [0.717, 1.165) is 5.56 Å². The molecule has 0 heterocycles. The molecule has 0 fully saturated rings. The van der Waals surface area contributed by atoms with Gasteiger partial charge in [-0.15, -0.1) is 0 Å². The summed E-state index contributed by atoms with van der Waals surface area (Å²) < 4.78 is 24.8. The lowest BCUT2D eigenvalue weighted by Crippen LogP contribution is -2.21. The molecule has 7 heteroatoms. The van der Waals surface area contributed by atoms with Gasteiger partial charge < -0.3 is 14.8 Å². The van der Waals surface area contributed by atoms with Crippen LogP contribution in [-0.4, -0.2) is 25.4 Å². The van der Waals surface area contributed by atoms with Crippen LogP contribution in [0.15, 0.2) is 24.3 Å². The summed E-state index contributed by atoms with van der Waals surface area (Å²) in [5.41, 5.74) is 1.83. The molecule has 5 nitrogen and oxygen atoms in total. The highest BCUT2D eigenvalue weighted by Crippen LogP contribution is 2.39. The number of hydrogen-bond acceptors (Lipinski definition) is 4. The quantitative estimate of drug-likeness (QED) is 0.814. The lowest BCUT2D eigenvalue weighted by atomic mass is 10.0. The Balaban J connectivity index is 1.75. The molecule has 0 radical (unpaired) electrons. The molecule has 1 unspecified atom stereocenters. The van der Waals surface area contributed by atoms with Gasteiger partial charge in [0.15, 0.2) is 12.4 Å². The number of halogens is 2. The van der Waals surface area contributed by atoms with E-state index in [0.29, 0.717) is 22.0 Å². The van der Waals surface area contributed by atoms with Gasteiger partial charge in [-0.1, -0.05) is 18.5 Å². The first-order valence-electron chi connectivity index (χ1n) is 8.44. The molecule has 0 aliphatic heterocycles. The van der Waals surface area contributed by atoms with Crippen molar-refractivity contribution in [3.05, 3.63) is 51.8 Å². The van der Waals surface area contributed by atoms with Crippen molar-refractivity contribution in [3.63, 3.8) is 0 Å². The average molecular weight is 392 g/mol. The second-order valence-electron chi connectivity index (χ2n) is 6.50. The molecule has 2 aromatic rings. The van der Waals surface area contributed by atoms with Gasteiger partial charge in [-0.25, -0.2) is 4.39 Å². The van der Waals surface area contributed by atoms with Gasteiger partial charge in [0.05, 0.1) is 18.4 Å². The molecule has 1 N–H and O–H groups in total. The largest absolute Gasteiger partial charge is 0.495 e. The number of ketones is 1. The maximum atomic E-state index is 14.0. The third kappa shape index (κ3) is 3.76. The number of carbonyl (C=O) groups is 2. The summed E-state index contributed by atoms with van der Waals surface area (Å²) in [4.78, 5) is 24.4. The molecular formula is C20H19ClFNO4. The number of Topliss-reactive ketones (excluding diaryl/α,β-unsaturated/α-hetero) is 1. The van der Waals surface area contributed by atoms with Gasteiger partial charge in [-0.2, -0.15) is 0 Å². The number of benzene rings is 2. The fourth-order valence-corrected chi connectivity index (χ4v) is 3.36. The molecular weight excluding hydrogens is 373 g/mol. The van der Waals surface area contributed by atoms with Gasteiger partial charge in [-0.3, -0.25) is 9.59 Å². The average Bonchev–Trinajstić information content (AvgIpc) is 2.93. The highest BCUT2D eigenvalue weighted by atomic mass is 35.5. The van der Waals surface area contributed by atoms with Gasteiger partial charge in [0.25, 0.3) is 5.91 Å². The predicted octanol–water partition coefficient (Wildman–Crippen LogP) is 4.50. The minimum absolute atomic E-state index is 0.178. The van der Waals surface area contributed by atoms with Crippen molar-refractivity contribution in [2.75, 3.05) is 19.0 Å². The van der Waals surface area contributed by atoms with E-state index in [9.17, 15) is 14.0 Å². The van der Waals surface area contributed by atoms with E-state index in [-0.39, 0.29) is 36.0 Å². The van der Waals surface area contributed by atoms with Crippen LogP contribution in [0, 0.1) is 12.7 Å². The molecule has 3 rings (SSSR count). The Labute approximate surface area is 161 Å². The van der Waals surface area contributed by atoms with E-state index in [2.05, 4.69) is 5.32 Å². The molecule has 0 saturated carbocycles. The number of aryl methyl sites for hydroxylation is 1. The number of ether oxygens (including phenoxy) is 2. The highest BCUT2D eigenvalue weighted by molar-refractivity contribution is 6.31. The molecule has 1 atom stereocenters. The summed E-state index contributed by atoms with van der Waals surface area (Å²) in [5.74, 6) is -0.609. The Morgan fingerprint density at radius 3 is 2.78 bits per heavy atom. The molecule has 0 bridgehead atoms. The van der Waals surface area contributed by atoms with Crippen molar-refractivity contribution in [1.29, 1.82) is 0 Å². The van der Waals surface area contributed by atoms with Crippen LogP contribution in [0.5, 0.6) is 11.5 Å². The molecule has 1 amide bonds. The lowest BCUT2D eigenvalue weighted by Gasteiger charge is -2.14. The maximum Gasteiger partial charge on any atom is 0.262 e. The van der Waals surface area contributed by atoms with Crippen molar-refractivity contribution < 1.29 is 23.5 Å². The molecule has 142 valence electrons. The zero-order valence-corrected chi connectivity index (χ0v) is 15.9. The first-order chi connectivity index (χ1) is 12.8. The normalized spacial score (nSPS) is 15.4. The third-order valence-electron chi connectivity index (χ3n) is 4.53. The van der Waals surface area contributed by atoms with Crippen LogP contribution in [0.2, 0.25) is 5.02 Å². The number of hydrogen-bond donors (Lipinski definition) is 1. The molecule has 1 aliphatic carbocycles. The monoisotopic (exact) mass is 391 g/mol. The van der Waals surface area contributed by atoms with Gasteiger partial charge in [0.2, 0.25) is 0 Å². The first-order valence-corrected chi connectivity index (χ1v) is 8.82. The molecule has 0 spiro atoms. The Bertz CT molecular complexity index is 929. The molecule has 0 saturated heterocycles. The highest BCUT2D eigenvalue weighted by Gasteiger charge is 2.32. The fraction of sp³-hybridized carbons (Fsp3) is 0.300. The SMILES string of the molecule is COc1cc(Cl)c(C)cc1NC(=O)COc1ccc(F)c2c1C(=O)CC2C. The summed E-state index contributed by atoms with van der Waals surface area (Å²) in [7, 11) is 1.47. The smallest absolute Gasteiger partial charge is 0.262 e. The van der Waals surface area contributed by atoms with E-state index in [1.807, 2.05) is 6.92 Å². The van der Waals surface area contributed by atoms with Gasteiger partial charge in [0.1, 0.15) is 17.3 Å². The minimum Gasteiger partial charge on any atom is -0.495 e. The standard InChI is InChI=1S/C20H19ClFNO4/c1-10-6-14(17(26-3)8-12(10)21)23-18(25)9-27-16-5-4-13(22)19-11(2)7-15(24)20(16)19/h4-6,8,11H,7,9H2,1-3H3,(H,23,25). The van der Waals surface area contributed by atoms with Gasteiger partial charge in [-0.05, 0) is 36.6 Å². The van der Waals surface area contributed by atoms with E-state index >= 15 is 0 Å². The summed E-state index contributed by atoms with van der Waals surface area (Å²) in [6.45, 7) is 3.27. The Morgan fingerprint density at radius 2 is 2.07 bits per heavy atom. The van der Waals surface area contributed by atoms with Gasteiger partial charge >= 0.3 is 0 Å². The number of carbonyl (C=O) groups excluding carboxylic acids is 2. The third-order valence-corrected chi connectivity index (χ3v) is 4.94. The second-order valence-corrected chi connectivity index (χ2v) is 6.91. The van der Waals surface area contributed by atoms with Crippen LogP contribution in [-0.2, 0) is 4.79 Å². The number of methoxy groups -OCH3 is 1. The van der Waals surface area contributed by atoms with Crippen molar-refractivity contribution in [2.45, 2.75) is 26.2 Å². The van der Waals surface area contributed by atoms with E-state index in [4.69, 9.17) is 21.1 Å². The Kier molecular flexibility index (Phi) is 5.37. The van der Waals surface area contributed by atoms with E-state index in [1.54, 1.807) is 19.1 Å². The summed E-state index contributed by atoms with van der Waals surface area (Å²) >= 11 is 6.05. The number of rotatable bonds is 5. The second kappa shape index (κ2) is 7.56. The fourth-order valence-electron chi connectivity index (χ4n) is 3.21. The van der Waals surface area contributed by atoms with Crippen LogP contribution in [0.1, 0.15) is 40.7 Å². The topological polar surface area (TPSA) is 64.6 Å². The molecule has 0 aromatic heterocycles. The molecule has 27 heavy (non-hydrogen) atoms. The van der Waals surface area contributed by atoms with E-state index < -0.39 is 11.7 Å². The minimum atomic E-state index is -0.438. The summed E-state index contributed by atoms with van der Waals surface area (Å²) in [6.07, 6.45) is 0.236. The first kappa shape index (κ1) is 19.2. The van der Waals surface area contributed by atoms with E-state index in [1.165, 1.54) is 19.2 Å². The van der Waals surface area contributed by atoms with Crippen LogP contribution in [0.25, 0.3) is 0 Å². The molecule has 2 aromatic carbocycles. The van der Waals surface area contributed by atoms with Crippen LogP contribution in [0.4, 0.5) is 10.1 Å². The lowest BCUT2D eigenvalue weighted by molar-refractivity contribution is -0.118. The summed E-state index contributed by atoms with van der Waals surface area (Å²) in [5, 5.41) is 3.22. The predicted molar refractivity (Wildman–Crippen MR) is 101 cm³/mol. The number of fused-ring (bicyclic) bond motifs is 1. The van der Waals surface area contributed by atoms with Crippen LogP contribution >= 0.6 is 11.6 Å². The summed E-state index contributed by atoms with van der Waals surface area (Å²) in [6, 6.07) is 5.94. The Hall–Kier alpha value is -2.60. The van der Waals surface area contributed by atoms with Gasteiger partial charge in [0, 0.05) is 23.1 Å². The number of amides is 1. The maximum absolute atomic E-state index is 14.0. The number of nitrogens with one attached hydrogen (secondary N) is 1. The van der Waals surface area contributed by atoms with Crippen molar-refractivity contribution in [1.82, 2.24) is 0 Å². The zero-order chi connectivity index (χ0) is 19.7. The molecule has 1 aliphatic rings. The number of anilines is 1. The van der Waals surface area contributed by atoms with Crippen LogP contribution in [0.3, 0.4) is 0 Å². The zero-order valence-electron chi connectivity index (χ0n) is 15.2. The van der Waals surface area contributed by atoms with Crippen molar-refractivity contribution >= 4 is 29.0 Å². The van der Waals surface area contributed by atoms with Crippen LogP contribution < -0.4 is 14.8 Å². The Morgan fingerprint density at radius 1 is 1.33 bits per heavy atom. The van der Waals surface area contributed by atoms with Crippen molar-refractivity contribution in [3.8, 4) is 11.5 Å². The van der Waals surface area contributed by atoms with Crippen molar-refractivity contribution in [2.24, 2.45) is 0 Å².